The van der Waals surface area contributed by atoms with Crippen LogP contribution in [0.5, 0.6) is 5.75 Å². The monoisotopic (exact) mass is 405 g/mol. The number of methoxy groups -OCH3 is 1. The molecule has 0 fully saturated rings. The molecule has 1 heterocycles. The highest BCUT2D eigenvalue weighted by Gasteiger charge is 2.16. The number of carbonyl (C=O) groups excluding carboxylic acids is 1. The average molecular weight is 406 g/mol. The number of nitrogens with zero attached hydrogens (tertiary/aromatic N) is 2. The van der Waals surface area contributed by atoms with Crippen molar-refractivity contribution in [1.82, 2.24) is 9.55 Å². The van der Waals surface area contributed by atoms with Gasteiger partial charge in [-0.25, -0.2) is 18.5 Å². The first-order valence-electron chi connectivity index (χ1n) is 8.16. The second kappa shape index (κ2) is 7.71. The number of carbonyl (C=O) groups is 1. The van der Waals surface area contributed by atoms with Crippen molar-refractivity contribution >= 4 is 38.6 Å². The summed E-state index contributed by atoms with van der Waals surface area (Å²) in [6.45, 7) is 2.60. The van der Waals surface area contributed by atoms with Gasteiger partial charge in [0.2, 0.25) is 10.0 Å². The van der Waals surface area contributed by atoms with Crippen LogP contribution in [0.15, 0.2) is 52.5 Å². The first kappa shape index (κ1) is 19.4. The number of aromatic nitrogens is 2. The molecule has 0 radical (unpaired) electrons. The molecule has 0 amide bonds. The van der Waals surface area contributed by atoms with Crippen LogP contribution < -0.4 is 9.88 Å². The third-order valence-electron chi connectivity index (χ3n) is 4.05. The molecule has 0 spiro atoms. The number of rotatable bonds is 7. The zero-order chi connectivity index (χ0) is 19.6. The van der Waals surface area contributed by atoms with Crippen LogP contribution in [0, 0.1) is 0 Å². The van der Waals surface area contributed by atoms with Crippen LogP contribution in [0.25, 0.3) is 11.0 Å². The van der Waals surface area contributed by atoms with E-state index in [0.29, 0.717) is 28.5 Å². The van der Waals surface area contributed by atoms with Crippen molar-refractivity contribution in [1.29, 1.82) is 0 Å². The molecule has 3 aromatic rings. The Balaban J connectivity index is 1.86. The van der Waals surface area contributed by atoms with Crippen molar-refractivity contribution in [3.05, 3.63) is 48.0 Å². The van der Waals surface area contributed by atoms with Crippen LogP contribution in [0.2, 0.25) is 0 Å². The highest BCUT2D eigenvalue weighted by molar-refractivity contribution is 7.99. The Morgan fingerprint density at radius 3 is 2.70 bits per heavy atom. The summed E-state index contributed by atoms with van der Waals surface area (Å²) in [5.41, 5.74) is 1.89. The van der Waals surface area contributed by atoms with Gasteiger partial charge in [-0.1, -0.05) is 23.9 Å². The summed E-state index contributed by atoms with van der Waals surface area (Å²) in [6.07, 6.45) is 0. The first-order chi connectivity index (χ1) is 12.8. The lowest BCUT2D eigenvalue weighted by molar-refractivity contribution is 0.102. The molecular formula is C18H19N3O4S2. The van der Waals surface area contributed by atoms with E-state index in [2.05, 4.69) is 4.98 Å². The zero-order valence-electron chi connectivity index (χ0n) is 14.9. The van der Waals surface area contributed by atoms with E-state index >= 15 is 0 Å². The van der Waals surface area contributed by atoms with Gasteiger partial charge in [-0.2, -0.15) is 0 Å². The first-order valence-corrected chi connectivity index (χ1v) is 10.7. The lowest BCUT2D eigenvalue weighted by Crippen LogP contribution is -2.11. The van der Waals surface area contributed by atoms with Crippen molar-refractivity contribution in [3.8, 4) is 5.75 Å². The van der Waals surface area contributed by atoms with Crippen LogP contribution in [-0.4, -0.2) is 36.6 Å². The average Bonchev–Trinajstić information content (AvgIpc) is 3.02. The van der Waals surface area contributed by atoms with Gasteiger partial charge in [0.15, 0.2) is 10.9 Å². The number of primary sulfonamides is 1. The molecule has 0 atom stereocenters. The Hall–Kier alpha value is -2.36. The second-order valence-electron chi connectivity index (χ2n) is 5.78. The van der Waals surface area contributed by atoms with E-state index in [0.717, 1.165) is 5.52 Å². The van der Waals surface area contributed by atoms with Crippen molar-refractivity contribution < 1.29 is 17.9 Å². The van der Waals surface area contributed by atoms with Gasteiger partial charge >= 0.3 is 0 Å². The summed E-state index contributed by atoms with van der Waals surface area (Å²) < 4.78 is 30.2. The number of sulfonamides is 1. The summed E-state index contributed by atoms with van der Waals surface area (Å²) in [4.78, 5) is 17.0. The molecule has 142 valence electrons. The van der Waals surface area contributed by atoms with Gasteiger partial charge in [0.1, 0.15) is 5.75 Å². The van der Waals surface area contributed by atoms with Crippen molar-refractivity contribution in [3.63, 3.8) is 0 Å². The van der Waals surface area contributed by atoms with Gasteiger partial charge in [-0.05, 0) is 37.3 Å². The molecule has 0 bridgehead atoms. The predicted octanol–water partition coefficient (Wildman–Crippen LogP) is 2.69. The van der Waals surface area contributed by atoms with E-state index in [1.54, 1.807) is 37.4 Å². The van der Waals surface area contributed by atoms with Gasteiger partial charge in [0, 0.05) is 12.1 Å². The maximum atomic E-state index is 12.5. The number of fused-ring (bicyclic) bond motifs is 1. The molecule has 3 rings (SSSR count). The Kier molecular flexibility index (Phi) is 5.54. The van der Waals surface area contributed by atoms with E-state index < -0.39 is 10.0 Å². The third kappa shape index (κ3) is 4.15. The number of ether oxygens (including phenoxy) is 1. The molecule has 0 unspecified atom stereocenters. The number of imidazole rings is 1. The Morgan fingerprint density at radius 2 is 2.04 bits per heavy atom. The normalized spacial score (nSPS) is 11.7. The molecule has 27 heavy (non-hydrogen) atoms. The number of thioether (sulfide) groups is 1. The summed E-state index contributed by atoms with van der Waals surface area (Å²) in [5, 5.41) is 5.84. The quantitative estimate of drug-likeness (QED) is 0.479. The minimum absolute atomic E-state index is 0.0137. The smallest absolute Gasteiger partial charge is 0.238 e. The molecule has 7 nitrogen and oxygen atoms in total. The van der Waals surface area contributed by atoms with Gasteiger partial charge in [-0.15, -0.1) is 0 Å². The maximum Gasteiger partial charge on any atom is 0.238 e. The molecule has 2 N–H and O–H groups in total. The summed E-state index contributed by atoms with van der Waals surface area (Å²) in [5.74, 6) is 0.791. The molecule has 0 aliphatic rings. The van der Waals surface area contributed by atoms with Gasteiger partial charge in [-0.3, -0.25) is 4.79 Å². The predicted molar refractivity (Wildman–Crippen MR) is 105 cm³/mol. The highest BCUT2D eigenvalue weighted by atomic mass is 32.2. The summed E-state index contributed by atoms with van der Waals surface area (Å²) >= 11 is 1.31. The van der Waals surface area contributed by atoms with E-state index in [1.807, 2.05) is 11.5 Å². The Morgan fingerprint density at radius 1 is 1.26 bits per heavy atom. The minimum Gasteiger partial charge on any atom is -0.497 e. The molecular weight excluding hydrogens is 386 g/mol. The number of aryl methyl sites for hydroxylation is 1. The Bertz CT molecular complexity index is 1110. The van der Waals surface area contributed by atoms with Gasteiger partial charge < -0.3 is 9.30 Å². The standard InChI is InChI=1S/C18H19N3O4S2/c1-3-21-16-8-7-14(27(19,23)24)10-15(16)20-18(21)26-11-17(22)12-5-4-6-13(9-12)25-2/h4-10H,3,11H2,1-2H3,(H2,19,23,24). The fraction of sp³-hybridized carbons (Fsp3) is 0.222. The molecule has 0 saturated heterocycles. The fourth-order valence-corrected chi connectivity index (χ4v) is 4.20. The second-order valence-corrected chi connectivity index (χ2v) is 8.28. The van der Waals surface area contributed by atoms with Crippen LogP contribution in [0.3, 0.4) is 0 Å². The molecule has 0 saturated carbocycles. The molecule has 0 aliphatic heterocycles. The fourth-order valence-electron chi connectivity index (χ4n) is 2.69. The van der Waals surface area contributed by atoms with Crippen LogP contribution in [0.4, 0.5) is 0 Å². The number of Topliss-reactive ketones (excluding diaryl/α,β-unsaturated/α-hetero) is 1. The summed E-state index contributed by atoms with van der Waals surface area (Å²) in [6, 6.07) is 11.6. The Labute approximate surface area is 161 Å². The highest BCUT2D eigenvalue weighted by Crippen LogP contribution is 2.26. The summed E-state index contributed by atoms with van der Waals surface area (Å²) in [7, 11) is -2.24. The van der Waals surface area contributed by atoms with Crippen LogP contribution in [-0.2, 0) is 16.6 Å². The van der Waals surface area contributed by atoms with E-state index in [1.165, 1.54) is 23.9 Å². The van der Waals surface area contributed by atoms with Crippen molar-refractivity contribution in [2.24, 2.45) is 5.14 Å². The lowest BCUT2D eigenvalue weighted by atomic mass is 10.1. The van der Waals surface area contributed by atoms with Gasteiger partial charge in [0.05, 0.1) is 28.8 Å². The number of ketones is 1. The molecule has 0 aliphatic carbocycles. The van der Waals surface area contributed by atoms with Crippen molar-refractivity contribution in [2.75, 3.05) is 12.9 Å². The molecule has 1 aromatic heterocycles. The van der Waals surface area contributed by atoms with Gasteiger partial charge in [0.25, 0.3) is 0 Å². The minimum atomic E-state index is -3.80. The topological polar surface area (TPSA) is 104 Å². The lowest BCUT2D eigenvalue weighted by Gasteiger charge is -2.06. The zero-order valence-corrected chi connectivity index (χ0v) is 16.5. The molecule has 2 aromatic carbocycles. The largest absolute Gasteiger partial charge is 0.497 e. The van der Waals surface area contributed by atoms with Crippen LogP contribution >= 0.6 is 11.8 Å². The SMILES string of the molecule is CCn1c(SCC(=O)c2cccc(OC)c2)nc2cc(S(N)(=O)=O)ccc21. The number of nitrogens with two attached hydrogens (primary N) is 1. The third-order valence-corrected chi connectivity index (χ3v) is 5.94. The van der Waals surface area contributed by atoms with Crippen molar-refractivity contribution in [2.45, 2.75) is 23.5 Å². The van der Waals surface area contributed by atoms with E-state index in [9.17, 15) is 13.2 Å². The maximum absolute atomic E-state index is 12.5. The molecule has 9 heteroatoms. The van der Waals surface area contributed by atoms with Crippen LogP contribution in [0.1, 0.15) is 17.3 Å². The number of hydrogen-bond donors (Lipinski definition) is 1. The van der Waals surface area contributed by atoms with E-state index in [-0.39, 0.29) is 16.4 Å². The number of benzene rings is 2. The van der Waals surface area contributed by atoms with E-state index in [4.69, 9.17) is 9.88 Å². The number of hydrogen-bond acceptors (Lipinski definition) is 6.